The van der Waals surface area contributed by atoms with Gasteiger partial charge in [0, 0.05) is 9.13 Å². The summed E-state index contributed by atoms with van der Waals surface area (Å²) in [4.78, 5) is 0. The Morgan fingerprint density at radius 3 is 2.85 bits per heavy atom. The highest BCUT2D eigenvalue weighted by Crippen LogP contribution is 2.25. The first-order valence-electron chi connectivity index (χ1n) is 3.89. The smallest absolute Gasteiger partial charge is 0.123 e. The van der Waals surface area contributed by atoms with Gasteiger partial charge in [0.1, 0.15) is 5.75 Å². The van der Waals surface area contributed by atoms with E-state index in [1.807, 2.05) is 18.2 Å². The third kappa shape index (κ3) is 2.55. The molecular weight excluding hydrogens is 281 g/mol. The van der Waals surface area contributed by atoms with E-state index in [4.69, 9.17) is 15.6 Å². The molecule has 72 valence electrons. The number of nitrogens with two attached hydrogens (primary N) is 1. The molecule has 0 aliphatic heterocycles. The number of benzene rings is 1. The molecule has 0 spiro atoms. The summed E-state index contributed by atoms with van der Waals surface area (Å²) in [5, 5.41) is 8.92. The molecule has 0 fully saturated rings. The fourth-order valence-corrected chi connectivity index (χ4v) is 1.61. The minimum Gasteiger partial charge on any atom is -0.496 e. The minimum atomic E-state index is -0.371. The van der Waals surface area contributed by atoms with E-state index in [0.717, 1.165) is 14.9 Å². The summed E-state index contributed by atoms with van der Waals surface area (Å²) in [5.41, 5.74) is 6.55. The molecule has 0 aromatic heterocycles. The molecular formula is C9H12INO2. The highest BCUT2D eigenvalue weighted by Gasteiger charge is 2.10. The normalized spacial score (nSPS) is 12.6. The van der Waals surface area contributed by atoms with Crippen LogP contribution in [-0.2, 0) is 0 Å². The first kappa shape index (κ1) is 10.7. The molecule has 1 aromatic carbocycles. The second-order valence-corrected chi connectivity index (χ2v) is 3.92. The van der Waals surface area contributed by atoms with Gasteiger partial charge >= 0.3 is 0 Å². The van der Waals surface area contributed by atoms with Gasteiger partial charge in [-0.15, -0.1) is 0 Å². The van der Waals surface area contributed by atoms with Gasteiger partial charge in [-0.2, -0.15) is 0 Å². The molecule has 0 saturated heterocycles. The molecule has 3 N–H and O–H groups in total. The monoisotopic (exact) mass is 293 g/mol. The van der Waals surface area contributed by atoms with E-state index in [1.165, 1.54) is 0 Å². The van der Waals surface area contributed by atoms with E-state index in [-0.39, 0.29) is 12.6 Å². The Balaban J connectivity index is 3.07. The van der Waals surface area contributed by atoms with E-state index in [2.05, 4.69) is 22.6 Å². The standard InChI is InChI=1S/C9H12INO2/c1-13-9-3-2-6(10)4-7(9)8(11)5-12/h2-4,8,12H,5,11H2,1H3. The molecule has 0 amide bonds. The number of halogens is 1. The van der Waals surface area contributed by atoms with Gasteiger partial charge in [0.05, 0.1) is 19.8 Å². The van der Waals surface area contributed by atoms with Gasteiger partial charge < -0.3 is 15.6 Å². The van der Waals surface area contributed by atoms with Crippen LogP contribution in [0.25, 0.3) is 0 Å². The molecule has 1 aromatic rings. The molecule has 0 bridgehead atoms. The lowest BCUT2D eigenvalue weighted by atomic mass is 10.1. The molecule has 0 heterocycles. The Morgan fingerprint density at radius 1 is 1.62 bits per heavy atom. The Hall–Kier alpha value is -0.330. The molecule has 4 heteroatoms. The maximum Gasteiger partial charge on any atom is 0.123 e. The number of aliphatic hydroxyl groups excluding tert-OH is 1. The van der Waals surface area contributed by atoms with Crippen LogP contribution in [-0.4, -0.2) is 18.8 Å². The summed E-state index contributed by atoms with van der Waals surface area (Å²) in [6, 6.07) is 5.34. The number of ether oxygens (including phenoxy) is 1. The number of rotatable bonds is 3. The zero-order valence-electron chi connectivity index (χ0n) is 7.33. The lowest BCUT2D eigenvalue weighted by molar-refractivity contribution is 0.264. The lowest BCUT2D eigenvalue weighted by Gasteiger charge is -2.13. The second-order valence-electron chi connectivity index (χ2n) is 2.68. The van der Waals surface area contributed by atoms with Crippen molar-refractivity contribution in [2.24, 2.45) is 5.73 Å². The van der Waals surface area contributed by atoms with Crippen LogP contribution in [0, 0.1) is 3.57 Å². The van der Waals surface area contributed by atoms with Gasteiger partial charge in [-0.3, -0.25) is 0 Å². The van der Waals surface area contributed by atoms with Crippen molar-refractivity contribution < 1.29 is 9.84 Å². The third-order valence-electron chi connectivity index (χ3n) is 1.79. The maximum absolute atomic E-state index is 8.92. The number of hydrogen-bond donors (Lipinski definition) is 2. The Labute approximate surface area is 91.0 Å². The van der Waals surface area contributed by atoms with Crippen LogP contribution >= 0.6 is 22.6 Å². The first-order chi connectivity index (χ1) is 6.19. The number of methoxy groups -OCH3 is 1. The van der Waals surface area contributed by atoms with Crippen molar-refractivity contribution in [3.8, 4) is 5.75 Å². The molecule has 3 nitrogen and oxygen atoms in total. The second kappa shape index (κ2) is 4.78. The summed E-state index contributed by atoms with van der Waals surface area (Å²) in [5.74, 6) is 0.724. The van der Waals surface area contributed by atoms with Gasteiger partial charge in [-0.05, 0) is 40.8 Å². The van der Waals surface area contributed by atoms with Crippen molar-refractivity contribution in [2.75, 3.05) is 13.7 Å². The average Bonchev–Trinajstić information content (AvgIpc) is 2.16. The predicted octanol–water partition coefficient (Wildman–Crippen LogP) is 1.29. The molecule has 13 heavy (non-hydrogen) atoms. The highest BCUT2D eigenvalue weighted by atomic mass is 127. The highest BCUT2D eigenvalue weighted by molar-refractivity contribution is 14.1. The van der Waals surface area contributed by atoms with E-state index in [0.29, 0.717) is 0 Å². The molecule has 1 atom stereocenters. The van der Waals surface area contributed by atoms with E-state index in [9.17, 15) is 0 Å². The van der Waals surface area contributed by atoms with Crippen LogP contribution in [0.1, 0.15) is 11.6 Å². The van der Waals surface area contributed by atoms with Crippen molar-refractivity contribution in [3.63, 3.8) is 0 Å². The zero-order chi connectivity index (χ0) is 9.84. The first-order valence-corrected chi connectivity index (χ1v) is 4.96. The van der Waals surface area contributed by atoms with Crippen molar-refractivity contribution in [2.45, 2.75) is 6.04 Å². The van der Waals surface area contributed by atoms with Gasteiger partial charge in [0.15, 0.2) is 0 Å². The Bertz CT molecular complexity index is 291. The summed E-state index contributed by atoms with van der Waals surface area (Å²) in [6.07, 6.45) is 0. The van der Waals surface area contributed by atoms with Crippen LogP contribution in [0.4, 0.5) is 0 Å². The Kier molecular flexibility index (Phi) is 3.95. The lowest BCUT2D eigenvalue weighted by Crippen LogP contribution is -2.15. The molecule has 0 radical (unpaired) electrons. The molecule has 0 saturated carbocycles. The molecule has 1 rings (SSSR count). The van der Waals surface area contributed by atoms with Gasteiger partial charge in [0.25, 0.3) is 0 Å². The summed E-state index contributed by atoms with van der Waals surface area (Å²) in [7, 11) is 1.59. The average molecular weight is 293 g/mol. The van der Waals surface area contributed by atoms with Gasteiger partial charge in [-0.1, -0.05) is 0 Å². The quantitative estimate of drug-likeness (QED) is 0.826. The molecule has 0 aliphatic rings. The van der Waals surface area contributed by atoms with Crippen molar-refractivity contribution in [1.29, 1.82) is 0 Å². The van der Waals surface area contributed by atoms with E-state index < -0.39 is 0 Å². The third-order valence-corrected chi connectivity index (χ3v) is 2.46. The minimum absolute atomic E-state index is 0.0730. The zero-order valence-corrected chi connectivity index (χ0v) is 9.48. The summed E-state index contributed by atoms with van der Waals surface area (Å²) < 4.78 is 6.21. The van der Waals surface area contributed by atoms with Crippen molar-refractivity contribution in [1.82, 2.24) is 0 Å². The number of hydrogen-bond acceptors (Lipinski definition) is 3. The van der Waals surface area contributed by atoms with Gasteiger partial charge in [-0.25, -0.2) is 0 Å². The van der Waals surface area contributed by atoms with Crippen LogP contribution in [0.2, 0.25) is 0 Å². The molecule has 0 aliphatic carbocycles. The predicted molar refractivity (Wildman–Crippen MR) is 59.7 cm³/mol. The fraction of sp³-hybridized carbons (Fsp3) is 0.333. The van der Waals surface area contributed by atoms with Crippen LogP contribution < -0.4 is 10.5 Å². The van der Waals surface area contributed by atoms with Crippen molar-refractivity contribution >= 4 is 22.6 Å². The fourth-order valence-electron chi connectivity index (χ4n) is 1.09. The van der Waals surface area contributed by atoms with E-state index >= 15 is 0 Å². The number of aliphatic hydroxyl groups is 1. The van der Waals surface area contributed by atoms with Crippen LogP contribution in [0.5, 0.6) is 5.75 Å². The maximum atomic E-state index is 8.92. The topological polar surface area (TPSA) is 55.5 Å². The molecule has 1 unspecified atom stereocenters. The largest absolute Gasteiger partial charge is 0.496 e. The SMILES string of the molecule is COc1ccc(I)cc1C(N)CO. The van der Waals surface area contributed by atoms with Gasteiger partial charge in [0.2, 0.25) is 0 Å². The van der Waals surface area contributed by atoms with Crippen molar-refractivity contribution in [3.05, 3.63) is 27.3 Å². The summed E-state index contributed by atoms with van der Waals surface area (Å²) >= 11 is 2.20. The van der Waals surface area contributed by atoms with Crippen LogP contribution in [0.15, 0.2) is 18.2 Å². The Morgan fingerprint density at radius 2 is 2.31 bits per heavy atom. The van der Waals surface area contributed by atoms with Crippen LogP contribution in [0.3, 0.4) is 0 Å². The van der Waals surface area contributed by atoms with E-state index in [1.54, 1.807) is 7.11 Å². The summed E-state index contributed by atoms with van der Waals surface area (Å²) in [6.45, 7) is -0.0730.